The summed E-state index contributed by atoms with van der Waals surface area (Å²) < 4.78 is 19.6. The SMILES string of the molecule is CCOC(=O)C(=Cc1nnsc1N1C[C@@H](C)O[C@@H](C)C1)C(=O)OCC. The molecule has 1 aliphatic rings. The number of carbonyl (C=O) groups excluding carboxylic acids is 2. The summed E-state index contributed by atoms with van der Waals surface area (Å²) in [6.07, 6.45) is 1.52. The third-order valence-electron chi connectivity index (χ3n) is 3.47. The molecule has 0 N–H and O–H groups in total. The van der Waals surface area contributed by atoms with Crippen molar-refractivity contribution in [1.82, 2.24) is 9.59 Å². The Morgan fingerprint density at radius 1 is 1.20 bits per heavy atom. The van der Waals surface area contributed by atoms with E-state index in [1.807, 2.05) is 13.8 Å². The van der Waals surface area contributed by atoms with Gasteiger partial charge in [-0.15, -0.1) is 5.10 Å². The highest BCUT2D eigenvalue weighted by molar-refractivity contribution is 7.10. The molecule has 0 unspecified atom stereocenters. The Hall–Kier alpha value is -2.00. The molecule has 1 aliphatic heterocycles. The quantitative estimate of drug-likeness (QED) is 0.324. The lowest BCUT2D eigenvalue weighted by Crippen LogP contribution is -2.45. The van der Waals surface area contributed by atoms with Crippen molar-refractivity contribution >= 4 is 34.5 Å². The highest BCUT2D eigenvalue weighted by atomic mass is 32.1. The van der Waals surface area contributed by atoms with Crippen LogP contribution in [0.4, 0.5) is 5.00 Å². The van der Waals surface area contributed by atoms with E-state index in [0.717, 1.165) is 5.00 Å². The van der Waals surface area contributed by atoms with E-state index in [4.69, 9.17) is 14.2 Å². The minimum atomic E-state index is -0.733. The second-order valence-corrected chi connectivity index (χ2v) is 6.36. The normalized spacial score (nSPS) is 20.1. The van der Waals surface area contributed by atoms with Gasteiger partial charge >= 0.3 is 11.9 Å². The first-order chi connectivity index (χ1) is 12.0. The van der Waals surface area contributed by atoms with E-state index in [2.05, 4.69) is 14.5 Å². The van der Waals surface area contributed by atoms with E-state index in [9.17, 15) is 9.59 Å². The molecule has 2 rings (SSSR count). The Balaban J connectivity index is 2.32. The molecule has 0 spiro atoms. The Morgan fingerprint density at radius 3 is 2.28 bits per heavy atom. The first-order valence-corrected chi connectivity index (χ1v) is 9.02. The summed E-state index contributed by atoms with van der Waals surface area (Å²) in [6, 6.07) is 0. The first-order valence-electron chi connectivity index (χ1n) is 8.24. The predicted octanol–water partition coefficient (Wildman–Crippen LogP) is 1.66. The lowest BCUT2D eigenvalue weighted by molar-refractivity contribution is -0.146. The number of hydrogen-bond acceptors (Lipinski definition) is 9. The second kappa shape index (κ2) is 8.91. The zero-order valence-corrected chi connectivity index (χ0v) is 15.7. The topological polar surface area (TPSA) is 90.9 Å². The average molecular weight is 369 g/mol. The van der Waals surface area contributed by atoms with Gasteiger partial charge in [0.25, 0.3) is 0 Å². The van der Waals surface area contributed by atoms with E-state index in [1.165, 1.54) is 17.6 Å². The van der Waals surface area contributed by atoms with Crippen LogP contribution in [-0.4, -0.2) is 60.0 Å². The van der Waals surface area contributed by atoms with Crippen molar-refractivity contribution < 1.29 is 23.8 Å². The maximum Gasteiger partial charge on any atom is 0.345 e. The summed E-state index contributed by atoms with van der Waals surface area (Å²) in [7, 11) is 0. The molecule has 9 heteroatoms. The van der Waals surface area contributed by atoms with Crippen LogP contribution in [0.15, 0.2) is 5.57 Å². The lowest BCUT2D eigenvalue weighted by Gasteiger charge is -2.35. The molecule has 8 nitrogen and oxygen atoms in total. The number of rotatable bonds is 6. The highest BCUT2D eigenvalue weighted by Gasteiger charge is 2.27. The van der Waals surface area contributed by atoms with Crippen LogP contribution >= 0.6 is 11.5 Å². The maximum absolute atomic E-state index is 12.1. The number of nitrogens with zero attached hydrogens (tertiary/aromatic N) is 3. The van der Waals surface area contributed by atoms with Crippen LogP contribution in [0, 0.1) is 0 Å². The van der Waals surface area contributed by atoms with E-state index in [-0.39, 0.29) is 31.0 Å². The fourth-order valence-electron chi connectivity index (χ4n) is 2.60. The Kier molecular flexibility index (Phi) is 6.89. The monoisotopic (exact) mass is 369 g/mol. The van der Waals surface area contributed by atoms with Crippen molar-refractivity contribution in [2.75, 3.05) is 31.2 Å². The molecule has 138 valence electrons. The van der Waals surface area contributed by atoms with Crippen LogP contribution in [0.2, 0.25) is 0 Å². The molecule has 1 saturated heterocycles. The molecule has 2 atom stereocenters. The van der Waals surface area contributed by atoms with E-state index >= 15 is 0 Å². The number of esters is 2. The molecule has 1 aromatic heterocycles. The van der Waals surface area contributed by atoms with E-state index in [1.54, 1.807) is 13.8 Å². The van der Waals surface area contributed by atoms with Crippen LogP contribution in [0.3, 0.4) is 0 Å². The molecule has 2 heterocycles. The summed E-state index contributed by atoms with van der Waals surface area (Å²) in [5.41, 5.74) is 0.259. The van der Waals surface area contributed by atoms with Crippen molar-refractivity contribution in [2.45, 2.75) is 39.9 Å². The minimum Gasteiger partial charge on any atom is -0.462 e. The Morgan fingerprint density at radius 2 is 1.76 bits per heavy atom. The molecule has 0 amide bonds. The van der Waals surface area contributed by atoms with E-state index < -0.39 is 11.9 Å². The van der Waals surface area contributed by atoms with E-state index in [0.29, 0.717) is 18.8 Å². The zero-order chi connectivity index (χ0) is 18.4. The Labute approximate surface area is 150 Å². The number of aromatic nitrogens is 2. The van der Waals surface area contributed by atoms with Gasteiger partial charge in [-0.25, -0.2) is 9.59 Å². The van der Waals surface area contributed by atoms with Crippen molar-refractivity contribution in [2.24, 2.45) is 0 Å². The number of hydrogen-bond donors (Lipinski definition) is 0. The molecule has 0 radical (unpaired) electrons. The van der Waals surface area contributed by atoms with Crippen LogP contribution in [0.5, 0.6) is 0 Å². The van der Waals surface area contributed by atoms with Gasteiger partial charge in [0.05, 0.1) is 25.4 Å². The Bertz CT molecular complexity index is 615. The smallest absolute Gasteiger partial charge is 0.345 e. The molecular formula is C16H23N3O5S. The molecule has 0 aliphatic carbocycles. The molecule has 0 aromatic carbocycles. The molecule has 0 bridgehead atoms. The van der Waals surface area contributed by atoms with Gasteiger partial charge in [-0.1, -0.05) is 4.49 Å². The molecule has 0 saturated carbocycles. The zero-order valence-electron chi connectivity index (χ0n) is 14.9. The summed E-state index contributed by atoms with van der Waals surface area (Å²) >= 11 is 1.21. The van der Waals surface area contributed by atoms with Crippen molar-refractivity contribution in [3.63, 3.8) is 0 Å². The molecular weight excluding hydrogens is 346 g/mol. The third kappa shape index (κ3) is 4.99. The van der Waals surface area contributed by atoms with Crippen LogP contribution < -0.4 is 4.90 Å². The van der Waals surface area contributed by atoms with Gasteiger partial charge < -0.3 is 19.1 Å². The van der Waals surface area contributed by atoms with Gasteiger partial charge in [0.15, 0.2) is 0 Å². The number of morpholine rings is 1. The van der Waals surface area contributed by atoms with Gasteiger partial charge in [-0.2, -0.15) is 0 Å². The van der Waals surface area contributed by atoms with Gasteiger partial charge in [-0.3, -0.25) is 0 Å². The number of ether oxygens (including phenoxy) is 3. The third-order valence-corrected chi connectivity index (χ3v) is 4.28. The van der Waals surface area contributed by atoms with Gasteiger partial charge in [0.2, 0.25) is 0 Å². The highest BCUT2D eigenvalue weighted by Crippen LogP contribution is 2.28. The molecule has 1 aromatic rings. The summed E-state index contributed by atoms with van der Waals surface area (Å²) in [4.78, 5) is 26.3. The van der Waals surface area contributed by atoms with Crippen molar-refractivity contribution in [3.05, 3.63) is 11.3 Å². The van der Waals surface area contributed by atoms with Gasteiger partial charge in [0.1, 0.15) is 16.3 Å². The second-order valence-electron chi connectivity index (χ2n) is 5.62. The van der Waals surface area contributed by atoms with Crippen molar-refractivity contribution in [3.8, 4) is 0 Å². The average Bonchev–Trinajstić information content (AvgIpc) is 3.00. The van der Waals surface area contributed by atoms with Crippen LogP contribution in [0.1, 0.15) is 33.4 Å². The van der Waals surface area contributed by atoms with Crippen molar-refractivity contribution in [1.29, 1.82) is 0 Å². The molecule has 1 fully saturated rings. The first kappa shape index (κ1) is 19.3. The summed E-state index contributed by atoms with van der Waals surface area (Å²) in [5, 5.41) is 4.85. The fraction of sp³-hybridized carbons (Fsp3) is 0.625. The minimum absolute atomic E-state index is 0.0669. The lowest BCUT2D eigenvalue weighted by atomic mass is 10.2. The standard InChI is InChI=1S/C16H23N3O5S/c1-5-22-15(20)12(16(21)23-6-2)7-13-14(25-18-17-13)19-8-10(3)24-11(4)9-19/h7,10-11H,5-6,8-9H2,1-4H3/t10-,11+. The van der Waals surface area contributed by atoms with Crippen LogP contribution in [-0.2, 0) is 23.8 Å². The predicted molar refractivity (Wildman–Crippen MR) is 93.4 cm³/mol. The largest absolute Gasteiger partial charge is 0.462 e. The van der Waals surface area contributed by atoms with Crippen LogP contribution in [0.25, 0.3) is 6.08 Å². The maximum atomic E-state index is 12.1. The number of carbonyl (C=O) groups is 2. The fourth-order valence-corrected chi connectivity index (χ4v) is 3.27. The number of anilines is 1. The summed E-state index contributed by atoms with van der Waals surface area (Å²) in [5.74, 6) is -1.47. The summed E-state index contributed by atoms with van der Waals surface area (Å²) in [6.45, 7) is 9.03. The van der Waals surface area contributed by atoms with Gasteiger partial charge in [-0.05, 0) is 33.8 Å². The molecule has 25 heavy (non-hydrogen) atoms. The van der Waals surface area contributed by atoms with Gasteiger partial charge in [0, 0.05) is 24.6 Å².